The average molecular weight is 321 g/mol. The predicted octanol–water partition coefficient (Wildman–Crippen LogP) is 3.43. The molecule has 0 aromatic heterocycles. The first-order chi connectivity index (χ1) is 11.0. The molecule has 4 bridgehead atoms. The smallest absolute Gasteiger partial charge is 0.258 e. The Morgan fingerprint density at radius 1 is 1.09 bits per heavy atom. The largest absolute Gasteiger partial charge is 0.484 e. The Labute approximate surface area is 134 Å². The van der Waals surface area contributed by atoms with Crippen LogP contribution in [-0.4, -0.2) is 18.1 Å². The number of benzene rings is 1. The maximum atomic E-state index is 13.1. The molecule has 0 heterocycles. The van der Waals surface area contributed by atoms with Crippen molar-refractivity contribution in [2.24, 2.45) is 17.8 Å². The lowest BCUT2D eigenvalue weighted by Crippen LogP contribution is -2.60. The van der Waals surface area contributed by atoms with Crippen molar-refractivity contribution in [2.45, 2.75) is 44.1 Å². The summed E-state index contributed by atoms with van der Waals surface area (Å²) in [5, 5.41) is 3.19. The zero-order chi connectivity index (χ0) is 16.0. The van der Waals surface area contributed by atoms with E-state index < -0.39 is 11.6 Å². The van der Waals surface area contributed by atoms with Gasteiger partial charge in [0.2, 0.25) is 0 Å². The van der Waals surface area contributed by atoms with E-state index in [4.69, 9.17) is 4.74 Å². The van der Waals surface area contributed by atoms with Crippen molar-refractivity contribution in [3.8, 4) is 5.75 Å². The van der Waals surface area contributed by atoms with E-state index in [2.05, 4.69) is 5.32 Å². The van der Waals surface area contributed by atoms with Crippen LogP contribution in [0.1, 0.15) is 38.5 Å². The molecule has 3 nitrogen and oxygen atoms in total. The van der Waals surface area contributed by atoms with E-state index in [1.165, 1.54) is 25.3 Å². The molecule has 23 heavy (non-hydrogen) atoms. The van der Waals surface area contributed by atoms with E-state index >= 15 is 0 Å². The van der Waals surface area contributed by atoms with Crippen molar-refractivity contribution in [2.75, 3.05) is 6.61 Å². The van der Waals surface area contributed by atoms with Crippen LogP contribution in [0.2, 0.25) is 0 Å². The summed E-state index contributed by atoms with van der Waals surface area (Å²) >= 11 is 0. The minimum atomic E-state index is -0.969. The number of hydrogen-bond acceptors (Lipinski definition) is 2. The number of hydrogen-bond donors (Lipinski definition) is 1. The molecular formula is C18H21F2NO2. The third-order valence-corrected chi connectivity index (χ3v) is 5.70. The number of nitrogens with one attached hydrogen (secondary N) is 1. The molecule has 1 aromatic carbocycles. The zero-order valence-corrected chi connectivity index (χ0v) is 13.0. The minimum Gasteiger partial charge on any atom is -0.484 e. The van der Waals surface area contributed by atoms with Gasteiger partial charge in [0.15, 0.2) is 18.2 Å². The summed E-state index contributed by atoms with van der Waals surface area (Å²) in [4.78, 5) is 12.2. The third-order valence-electron chi connectivity index (χ3n) is 5.70. The van der Waals surface area contributed by atoms with Gasteiger partial charge in [-0.05, 0) is 68.4 Å². The summed E-state index contributed by atoms with van der Waals surface area (Å²) in [6.45, 7) is -0.160. The molecule has 4 fully saturated rings. The van der Waals surface area contributed by atoms with Crippen LogP contribution in [-0.2, 0) is 4.79 Å². The zero-order valence-electron chi connectivity index (χ0n) is 13.0. The lowest BCUT2D eigenvalue weighted by molar-refractivity contribution is -0.128. The quantitative estimate of drug-likeness (QED) is 0.923. The molecule has 0 aliphatic heterocycles. The average Bonchev–Trinajstić information content (AvgIpc) is 2.46. The normalized spacial score (nSPS) is 34.4. The number of halogens is 2. The fourth-order valence-corrected chi connectivity index (χ4v) is 5.31. The fraction of sp³-hybridized carbons (Fsp3) is 0.611. The highest BCUT2D eigenvalue weighted by Crippen LogP contribution is 2.55. The van der Waals surface area contributed by atoms with Crippen molar-refractivity contribution in [1.29, 1.82) is 0 Å². The Bertz CT molecular complexity index is 596. The molecular weight excluding hydrogens is 300 g/mol. The van der Waals surface area contributed by atoms with Crippen LogP contribution in [0.25, 0.3) is 0 Å². The molecule has 5 heteroatoms. The van der Waals surface area contributed by atoms with Gasteiger partial charge in [-0.25, -0.2) is 8.78 Å². The molecule has 1 aromatic rings. The van der Waals surface area contributed by atoms with Crippen LogP contribution in [0.4, 0.5) is 8.78 Å². The lowest BCUT2D eigenvalue weighted by atomic mass is 9.53. The molecule has 1 amide bonds. The molecule has 0 atom stereocenters. The molecule has 0 radical (unpaired) electrons. The number of carbonyl (C=O) groups is 1. The van der Waals surface area contributed by atoms with Gasteiger partial charge in [0.25, 0.3) is 5.91 Å². The minimum absolute atomic E-state index is 0.0523. The molecule has 1 N–H and O–H groups in total. The monoisotopic (exact) mass is 321 g/mol. The van der Waals surface area contributed by atoms with Gasteiger partial charge in [0, 0.05) is 11.6 Å². The second-order valence-electron chi connectivity index (χ2n) is 7.61. The van der Waals surface area contributed by atoms with Crippen LogP contribution in [0.3, 0.4) is 0 Å². The molecule has 124 valence electrons. The van der Waals surface area contributed by atoms with E-state index in [0.717, 1.165) is 49.1 Å². The summed E-state index contributed by atoms with van der Waals surface area (Å²) in [6.07, 6.45) is 7.20. The molecule has 4 aliphatic carbocycles. The number of ether oxygens (including phenoxy) is 1. The fourth-order valence-electron chi connectivity index (χ4n) is 5.31. The first-order valence-corrected chi connectivity index (χ1v) is 8.40. The molecule has 0 spiro atoms. The van der Waals surface area contributed by atoms with E-state index in [1.807, 2.05) is 0 Å². The first kappa shape index (κ1) is 14.9. The maximum Gasteiger partial charge on any atom is 0.258 e. The van der Waals surface area contributed by atoms with Gasteiger partial charge in [-0.3, -0.25) is 4.79 Å². The van der Waals surface area contributed by atoms with Gasteiger partial charge in [-0.2, -0.15) is 0 Å². The van der Waals surface area contributed by atoms with Crippen molar-refractivity contribution in [1.82, 2.24) is 5.32 Å². The maximum absolute atomic E-state index is 13.1. The predicted molar refractivity (Wildman–Crippen MR) is 80.9 cm³/mol. The lowest BCUT2D eigenvalue weighted by Gasteiger charge is -2.56. The summed E-state index contributed by atoms with van der Waals surface area (Å²) < 4.78 is 31.3. The highest BCUT2D eigenvalue weighted by atomic mass is 19.2. The Morgan fingerprint density at radius 2 is 1.70 bits per heavy atom. The highest BCUT2D eigenvalue weighted by molar-refractivity contribution is 5.78. The van der Waals surface area contributed by atoms with Crippen LogP contribution in [0.15, 0.2) is 18.2 Å². The standard InChI is InChI=1S/C18H21F2NO2/c19-15-2-1-14(6-16(15)20)23-10-17(22)21-18-7-11-3-12(8-18)5-13(4-11)9-18/h1-2,6,11-13H,3-5,7-10H2,(H,21,22). The summed E-state index contributed by atoms with van der Waals surface area (Å²) in [5.41, 5.74) is -0.0523. The van der Waals surface area contributed by atoms with Crippen molar-refractivity contribution in [3.63, 3.8) is 0 Å². The van der Waals surface area contributed by atoms with Crippen molar-refractivity contribution in [3.05, 3.63) is 29.8 Å². The van der Waals surface area contributed by atoms with Crippen molar-refractivity contribution < 1.29 is 18.3 Å². The van der Waals surface area contributed by atoms with Gasteiger partial charge in [0.1, 0.15) is 5.75 Å². The number of rotatable bonds is 4. The van der Waals surface area contributed by atoms with E-state index in [-0.39, 0.29) is 23.8 Å². The number of carbonyl (C=O) groups excluding carboxylic acids is 1. The van der Waals surface area contributed by atoms with Gasteiger partial charge < -0.3 is 10.1 Å². The Balaban J connectivity index is 1.36. The second kappa shape index (κ2) is 5.46. The first-order valence-electron chi connectivity index (χ1n) is 8.40. The Hall–Kier alpha value is -1.65. The van der Waals surface area contributed by atoms with E-state index in [0.29, 0.717) is 0 Å². The van der Waals surface area contributed by atoms with Crippen LogP contribution < -0.4 is 10.1 Å². The Kier molecular flexibility index (Phi) is 3.54. The van der Waals surface area contributed by atoms with Gasteiger partial charge in [0.05, 0.1) is 0 Å². The Morgan fingerprint density at radius 3 is 2.26 bits per heavy atom. The van der Waals surface area contributed by atoms with Crippen LogP contribution >= 0.6 is 0 Å². The van der Waals surface area contributed by atoms with E-state index in [1.54, 1.807) is 0 Å². The topological polar surface area (TPSA) is 38.3 Å². The van der Waals surface area contributed by atoms with Gasteiger partial charge in [-0.1, -0.05) is 0 Å². The van der Waals surface area contributed by atoms with Crippen molar-refractivity contribution >= 4 is 5.91 Å². The molecule has 0 saturated heterocycles. The summed E-state index contributed by atoms with van der Waals surface area (Å²) in [6, 6.07) is 3.30. The third kappa shape index (κ3) is 2.93. The SMILES string of the molecule is O=C(COc1ccc(F)c(F)c1)NC12CC3CC(CC(C3)C1)C2. The highest BCUT2D eigenvalue weighted by Gasteiger charge is 2.51. The molecule has 5 rings (SSSR count). The molecule has 4 aliphatic rings. The summed E-state index contributed by atoms with van der Waals surface area (Å²) in [5.74, 6) is 0.386. The number of amides is 1. The van der Waals surface area contributed by atoms with Crippen LogP contribution in [0.5, 0.6) is 5.75 Å². The summed E-state index contributed by atoms with van der Waals surface area (Å²) in [7, 11) is 0. The molecule has 4 saturated carbocycles. The second-order valence-corrected chi connectivity index (χ2v) is 7.61. The van der Waals surface area contributed by atoms with Crippen LogP contribution in [0, 0.1) is 29.4 Å². The van der Waals surface area contributed by atoms with Gasteiger partial charge >= 0.3 is 0 Å². The molecule has 0 unspecified atom stereocenters. The van der Waals surface area contributed by atoms with Gasteiger partial charge in [-0.15, -0.1) is 0 Å². The van der Waals surface area contributed by atoms with E-state index in [9.17, 15) is 13.6 Å².